The predicted molar refractivity (Wildman–Crippen MR) is 41.5 cm³/mol. The quantitative estimate of drug-likeness (QED) is 0.208. The van der Waals surface area contributed by atoms with Crippen LogP contribution >= 0.6 is 0 Å². The SMILES string of the molecule is COC(=O)C(C/C=C\CO)=[N+]=[N-]. The van der Waals surface area contributed by atoms with Gasteiger partial charge >= 0.3 is 11.7 Å². The van der Waals surface area contributed by atoms with E-state index in [-0.39, 0.29) is 18.7 Å². The van der Waals surface area contributed by atoms with E-state index >= 15 is 0 Å². The summed E-state index contributed by atoms with van der Waals surface area (Å²) in [5, 5.41) is 8.34. The van der Waals surface area contributed by atoms with Crippen LogP contribution in [0.1, 0.15) is 6.42 Å². The fourth-order valence-corrected chi connectivity index (χ4v) is 0.552. The lowest BCUT2D eigenvalue weighted by atomic mass is 10.2. The molecule has 12 heavy (non-hydrogen) atoms. The molecule has 0 unspecified atom stereocenters. The molecule has 0 heterocycles. The van der Waals surface area contributed by atoms with Crippen LogP contribution in [-0.4, -0.2) is 35.3 Å². The first-order chi connectivity index (χ1) is 5.76. The molecule has 0 bridgehead atoms. The Labute approximate surface area is 69.9 Å². The summed E-state index contributed by atoms with van der Waals surface area (Å²) in [5.74, 6) is -0.680. The van der Waals surface area contributed by atoms with Crippen molar-refractivity contribution >= 4 is 11.7 Å². The van der Waals surface area contributed by atoms with E-state index in [2.05, 4.69) is 9.53 Å². The summed E-state index contributed by atoms with van der Waals surface area (Å²) in [6, 6.07) is 0. The summed E-state index contributed by atoms with van der Waals surface area (Å²) in [7, 11) is 1.20. The first-order valence-electron chi connectivity index (χ1n) is 3.31. The van der Waals surface area contributed by atoms with E-state index < -0.39 is 5.97 Å². The normalized spacial score (nSPS) is 9.50. The van der Waals surface area contributed by atoms with Crippen molar-refractivity contribution < 1.29 is 19.4 Å². The first kappa shape index (κ1) is 10.6. The van der Waals surface area contributed by atoms with Crippen LogP contribution in [0.25, 0.3) is 5.53 Å². The third-order valence-electron chi connectivity index (χ3n) is 1.13. The number of aliphatic hydroxyl groups excluding tert-OH is 1. The average Bonchev–Trinajstić information content (AvgIpc) is 2.11. The lowest BCUT2D eigenvalue weighted by Gasteiger charge is -1.89. The summed E-state index contributed by atoms with van der Waals surface area (Å²) >= 11 is 0. The third-order valence-corrected chi connectivity index (χ3v) is 1.13. The van der Waals surface area contributed by atoms with Gasteiger partial charge < -0.3 is 15.4 Å². The molecule has 0 atom stereocenters. The molecule has 5 heteroatoms. The number of carbonyl (C=O) groups excluding carboxylic acids is 1. The van der Waals surface area contributed by atoms with Gasteiger partial charge in [0.15, 0.2) is 0 Å². The number of hydrogen-bond acceptors (Lipinski definition) is 3. The molecule has 0 saturated carbocycles. The highest BCUT2D eigenvalue weighted by Crippen LogP contribution is 1.88. The Balaban J connectivity index is 4.12. The van der Waals surface area contributed by atoms with Gasteiger partial charge in [0.05, 0.1) is 20.1 Å². The van der Waals surface area contributed by atoms with Gasteiger partial charge in [-0.2, -0.15) is 4.79 Å². The van der Waals surface area contributed by atoms with Crippen LogP contribution < -0.4 is 0 Å². The molecule has 0 aliphatic carbocycles. The molecular weight excluding hydrogens is 160 g/mol. The highest BCUT2D eigenvalue weighted by molar-refractivity contribution is 6.34. The topological polar surface area (TPSA) is 82.9 Å². The van der Waals surface area contributed by atoms with E-state index in [9.17, 15) is 4.79 Å². The molecule has 0 radical (unpaired) electrons. The zero-order valence-electron chi connectivity index (χ0n) is 6.73. The number of carbonyl (C=O) groups is 1. The van der Waals surface area contributed by atoms with Crippen LogP contribution in [0.15, 0.2) is 12.2 Å². The summed E-state index contributed by atoms with van der Waals surface area (Å²) < 4.78 is 4.31. The van der Waals surface area contributed by atoms with Crippen LogP contribution in [0, 0.1) is 0 Å². The van der Waals surface area contributed by atoms with Crippen LogP contribution in [0.3, 0.4) is 0 Å². The van der Waals surface area contributed by atoms with E-state index in [1.807, 2.05) is 0 Å². The van der Waals surface area contributed by atoms with Crippen molar-refractivity contribution in [3.05, 3.63) is 17.7 Å². The van der Waals surface area contributed by atoms with Gasteiger partial charge in [0.2, 0.25) is 0 Å². The maximum atomic E-state index is 10.7. The van der Waals surface area contributed by atoms with Crippen LogP contribution in [0.5, 0.6) is 0 Å². The Morgan fingerprint density at radius 3 is 2.75 bits per heavy atom. The van der Waals surface area contributed by atoms with Crippen molar-refractivity contribution in [2.45, 2.75) is 6.42 Å². The molecule has 0 fully saturated rings. The second-order valence-corrected chi connectivity index (χ2v) is 1.90. The molecule has 0 amide bonds. The van der Waals surface area contributed by atoms with Crippen LogP contribution in [-0.2, 0) is 9.53 Å². The summed E-state index contributed by atoms with van der Waals surface area (Å²) in [6.45, 7) is -0.111. The van der Waals surface area contributed by atoms with Gasteiger partial charge in [-0.15, -0.1) is 0 Å². The molecule has 5 nitrogen and oxygen atoms in total. The Bertz CT molecular complexity index is 229. The van der Waals surface area contributed by atoms with Gasteiger partial charge in [-0.1, -0.05) is 12.2 Å². The maximum absolute atomic E-state index is 10.7. The predicted octanol–water partition coefficient (Wildman–Crippen LogP) is -0.231. The van der Waals surface area contributed by atoms with Gasteiger partial charge in [0, 0.05) is 0 Å². The van der Waals surface area contributed by atoms with Gasteiger partial charge in [0.1, 0.15) is 0 Å². The van der Waals surface area contributed by atoms with Crippen molar-refractivity contribution in [2.75, 3.05) is 13.7 Å². The number of nitrogens with zero attached hydrogens (tertiary/aromatic N) is 2. The first-order valence-corrected chi connectivity index (χ1v) is 3.31. The largest absolute Gasteiger partial charge is 0.460 e. The Morgan fingerprint density at radius 2 is 2.33 bits per heavy atom. The molecule has 1 N–H and O–H groups in total. The van der Waals surface area contributed by atoms with Crippen LogP contribution in [0.2, 0.25) is 0 Å². The average molecular weight is 170 g/mol. The number of methoxy groups -OCH3 is 1. The Kier molecular flexibility index (Phi) is 5.51. The Morgan fingerprint density at radius 1 is 1.67 bits per heavy atom. The number of ether oxygens (including phenoxy) is 1. The van der Waals surface area contributed by atoms with E-state index in [1.54, 1.807) is 0 Å². The minimum absolute atomic E-state index is 0.0952. The van der Waals surface area contributed by atoms with E-state index in [0.717, 1.165) is 0 Å². The molecule has 66 valence electrons. The summed E-state index contributed by atoms with van der Waals surface area (Å²) in [5.41, 5.74) is 8.22. The van der Waals surface area contributed by atoms with E-state index in [4.69, 9.17) is 10.6 Å². The number of esters is 1. The molecule has 0 aliphatic rings. The molecule has 0 aliphatic heterocycles. The summed E-state index contributed by atoms with van der Waals surface area (Å²) in [4.78, 5) is 13.5. The van der Waals surface area contributed by atoms with Crippen molar-refractivity contribution in [1.82, 2.24) is 0 Å². The number of aliphatic hydroxyl groups is 1. The number of rotatable bonds is 4. The van der Waals surface area contributed by atoms with Gasteiger partial charge in [-0.25, -0.2) is 4.79 Å². The van der Waals surface area contributed by atoms with Crippen molar-refractivity contribution in [3.8, 4) is 0 Å². The molecule has 0 aromatic heterocycles. The molecular formula is C7H10N2O3. The summed E-state index contributed by atoms with van der Waals surface area (Å²) in [6.07, 6.45) is 3.09. The third kappa shape index (κ3) is 3.65. The lowest BCUT2D eigenvalue weighted by Crippen LogP contribution is -2.15. The fourth-order valence-electron chi connectivity index (χ4n) is 0.552. The minimum atomic E-state index is -0.680. The Hall–Kier alpha value is -1.45. The number of allylic oxidation sites excluding steroid dienone is 1. The molecule has 0 spiro atoms. The zero-order chi connectivity index (χ0) is 9.40. The second kappa shape index (κ2) is 6.27. The highest BCUT2D eigenvalue weighted by Gasteiger charge is 2.17. The molecule has 0 rings (SSSR count). The second-order valence-electron chi connectivity index (χ2n) is 1.90. The molecule has 0 saturated heterocycles. The van der Waals surface area contributed by atoms with E-state index in [0.29, 0.717) is 0 Å². The zero-order valence-corrected chi connectivity index (χ0v) is 6.73. The van der Waals surface area contributed by atoms with Crippen molar-refractivity contribution in [2.24, 2.45) is 0 Å². The van der Waals surface area contributed by atoms with Crippen molar-refractivity contribution in [1.29, 1.82) is 0 Å². The van der Waals surface area contributed by atoms with Gasteiger partial charge in [-0.3, -0.25) is 0 Å². The van der Waals surface area contributed by atoms with Gasteiger partial charge in [-0.05, 0) is 0 Å². The maximum Gasteiger partial charge on any atom is 0.416 e. The smallest absolute Gasteiger partial charge is 0.416 e. The molecule has 0 aromatic rings. The van der Waals surface area contributed by atoms with E-state index in [1.165, 1.54) is 19.3 Å². The standard InChI is InChI=1S/C7H10N2O3/c1-12-7(11)6(9-8)4-2-3-5-10/h2-3,10H,4-5H2,1H3/b3-2-. The van der Waals surface area contributed by atoms with Crippen molar-refractivity contribution in [3.63, 3.8) is 0 Å². The van der Waals surface area contributed by atoms with Gasteiger partial charge in [0.25, 0.3) is 0 Å². The van der Waals surface area contributed by atoms with Crippen LogP contribution in [0.4, 0.5) is 0 Å². The monoisotopic (exact) mass is 170 g/mol. The number of hydrogen-bond donors (Lipinski definition) is 1. The molecule has 0 aromatic carbocycles. The fraction of sp³-hybridized carbons (Fsp3) is 0.429. The lowest BCUT2D eigenvalue weighted by molar-refractivity contribution is -0.137. The minimum Gasteiger partial charge on any atom is -0.460 e. The highest BCUT2D eigenvalue weighted by atomic mass is 16.5.